The molecule has 1 aliphatic heterocycles. The molecule has 0 saturated carbocycles. The maximum Gasteiger partial charge on any atom is 0.433 e. The highest BCUT2D eigenvalue weighted by Crippen LogP contribution is 2.50. The summed E-state index contributed by atoms with van der Waals surface area (Å²) in [4.78, 5) is 3.04. The van der Waals surface area contributed by atoms with E-state index in [0.29, 0.717) is 51.4 Å². The Bertz CT molecular complexity index is 677. The molecule has 1 N–H and O–H groups in total. The molecule has 0 bridgehead atoms. The van der Waals surface area contributed by atoms with Crippen LogP contribution >= 0.6 is 0 Å². The van der Waals surface area contributed by atoms with E-state index < -0.39 is 23.5 Å². The van der Waals surface area contributed by atoms with Gasteiger partial charge < -0.3 is 22.3 Å². The van der Waals surface area contributed by atoms with E-state index in [4.69, 9.17) is 4.74 Å². The minimum absolute atomic E-state index is 0. The van der Waals surface area contributed by atoms with Gasteiger partial charge in [-0.3, -0.25) is 4.90 Å². The third kappa shape index (κ3) is 5.30. The summed E-state index contributed by atoms with van der Waals surface area (Å²) in [5.41, 5.74) is -6.12. The van der Waals surface area contributed by atoms with Crippen LogP contribution in [0, 0.1) is 0 Å². The van der Waals surface area contributed by atoms with Crippen LogP contribution < -0.4 is 22.7 Å². The lowest BCUT2D eigenvalue weighted by Gasteiger charge is -2.33. The third-order valence-electron chi connectivity index (χ3n) is 4.69. The SMILES string of the molecule is CCCCN(C(=[N+])N1CCOCC1)c1ccc(C(O)(C(F)(F)F)C(F)(F)F)cc1.[Cl-]. The van der Waals surface area contributed by atoms with Gasteiger partial charge in [-0.2, -0.15) is 26.3 Å². The van der Waals surface area contributed by atoms with Crippen molar-refractivity contribution >= 4 is 11.6 Å². The first kappa shape index (κ1) is 26.3. The molecule has 12 heteroatoms. The van der Waals surface area contributed by atoms with Crippen molar-refractivity contribution in [2.45, 2.75) is 37.7 Å². The predicted octanol–water partition coefficient (Wildman–Crippen LogP) is 0.0976. The predicted molar refractivity (Wildman–Crippen MR) is 94.2 cm³/mol. The summed E-state index contributed by atoms with van der Waals surface area (Å²) in [6, 6.07) is 3.18. The molecule has 1 aliphatic rings. The average Bonchev–Trinajstić information content (AvgIpc) is 2.67. The second-order valence-corrected chi connectivity index (χ2v) is 6.66. The highest BCUT2D eigenvalue weighted by atomic mass is 35.5. The minimum atomic E-state index is -5.95. The number of hydrogen-bond donors (Lipinski definition) is 1. The van der Waals surface area contributed by atoms with E-state index in [9.17, 15) is 36.9 Å². The second-order valence-electron chi connectivity index (χ2n) is 6.66. The lowest BCUT2D eigenvalue weighted by molar-refractivity contribution is -0.376. The van der Waals surface area contributed by atoms with Crippen LogP contribution in [-0.2, 0) is 10.3 Å². The smallest absolute Gasteiger partial charge is 0.433 e. The number of guanidine groups is 1. The fourth-order valence-corrected chi connectivity index (χ4v) is 2.97. The van der Waals surface area contributed by atoms with Crippen LogP contribution in [0.15, 0.2) is 24.3 Å². The van der Waals surface area contributed by atoms with Gasteiger partial charge in [0, 0.05) is 5.56 Å². The topological polar surface area (TPSA) is 58.2 Å². The Morgan fingerprint density at radius 1 is 1.07 bits per heavy atom. The lowest BCUT2D eigenvalue weighted by atomic mass is 9.92. The normalized spacial score (nSPS) is 15.5. The molecule has 2 radical (unpaired) electrons. The van der Waals surface area contributed by atoms with Crippen molar-refractivity contribution < 1.29 is 48.6 Å². The van der Waals surface area contributed by atoms with Crippen molar-refractivity contribution in [2.75, 3.05) is 37.7 Å². The molecule has 30 heavy (non-hydrogen) atoms. The van der Waals surface area contributed by atoms with Crippen LogP contribution in [0.4, 0.5) is 32.0 Å². The Hall–Kier alpha value is -1.72. The number of rotatable bonds is 5. The van der Waals surface area contributed by atoms with E-state index in [-0.39, 0.29) is 24.1 Å². The Labute approximate surface area is 176 Å². The zero-order chi connectivity index (χ0) is 21.9. The molecule has 0 aliphatic carbocycles. The molecular weight excluding hydrogens is 440 g/mol. The van der Waals surface area contributed by atoms with Crippen molar-refractivity contribution in [1.29, 1.82) is 0 Å². The number of unbranched alkanes of at least 4 members (excludes halogenated alkanes) is 1. The summed E-state index contributed by atoms with van der Waals surface area (Å²) in [5.74, 6) is -0.156. The number of halogens is 7. The summed E-state index contributed by atoms with van der Waals surface area (Å²) >= 11 is 0. The Balaban J connectivity index is 0.00000450. The van der Waals surface area contributed by atoms with Crippen molar-refractivity contribution in [2.24, 2.45) is 0 Å². The van der Waals surface area contributed by atoms with Gasteiger partial charge in [0.15, 0.2) is 0 Å². The van der Waals surface area contributed by atoms with Gasteiger partial charge in [-0.15, -0.1) is 0 Å². The van der Waals surface area contributed by atoms with Crippen LogP contribution in [-0.4, -0.2) is 61.2 Å². The molecule has 1 fully saturated rings. The van der Waals surface area contributed by atoms with Crippen molar-refractivity contribution in [3.8, 4) is 0 Å². The van der Waals surface area contributed by atoms with Crippen LogP contribution in [0.5, 0.6) is 0 Å². The number of benzene rings is 1. The van der Waals surface area contributed by atoms with Crippen LogP contribution in [0.25, 0.3) is 0 Å². The van der Waals surface area contributed by atoms with Crippen molar-refractivity contribution in [3.05, 3.63) is 29.8 Å². The molecule has 170 valence electrons. The fraction of sp³-hybridized carbons (Fsp3) is 0.611. The number of anilines is 1. The number of hydrogen-bond acceptors (Lipinski definition) is 2. The number of ether oxygens (including phenoxy) is 1. The summed E-state index contributed by atoms with van der Waals surface area (Å²) in [6.07, 6.45) is -10.5. The maximum absolute atomic E-state index is 13.0. The number of alkyl halides is 6. The Morgan fingerprint density at radius 2 is 1.57 bits per heavy atom. The average molecular weight is 462 g/mol. The largest absolute Gasteiger partial charge is 1.00 e. The maximum atomic E-state index is 13.0. The van der Waals surface area contributed by atoms with Gasteiger partial charge in [0.2, 0.25) is 0 Å². The highest BCUT2D eigenvalue weighted by molar-refractivity contribution is 5.94. The van der Waals surface area contributed by atoms with Crippen molar-refractivity contribution in [3.63, 3.8) is 0 Å². The van der Waals surface area contributed by atoms with Gasteiger partial charge in [0.25, 0.3) is 5.60 Å². The van der Waals surface area contributed by atoms with Gasteiger partial charge in [-0.1, -0.05) is 25.5 Å². The molecule has 5 nitrogen and oxygen atoms in total. The Kier molecular flexibility index (Phi) is 8.82. The first-order chi connectivity index (χ1) is 13.4. The zero-order valence-electron chi connectivity index (χ0n) is 16.1. The fourth-order valence-electron chi connectivity index (χ4n) is 2.97. The highest BCUT2D eigenvalue weighted by Gasteiger charge is 2.71. The van der Waals surface area contributed by atoms with Gasteiger partial charge in [-0.25, -0.2) is 4.90 Å². The Morgan fingerprint density at radius 3 is 2.00 bits per heavy atom. The molecule has 0 unspecified atom stereocenters. The third-order valence-corrected chi connectivity index (χ3v) is 4.69. The second kappa shape index (κ2) is 10.1. The van der Waals surface area contributed by atoms with Gasteiger partial charge in [-0.05, 0) is 18.6 Å². The monoisotopic (exact) mass is 461 g/mol. The van der Waals surface area contributed by atoms with E-state index in [0.717, 1.165) is 18.6 Å². The number of nitrogens with zero attached hydrogens (tertiary/aromatic N) is 3. The van der Waals surface area contributed by atoms with Crippen LogP contribution in [0.2, 0.25) is 0 Å². The molecule has 1 aromatic rings. The number of aliphatic hydroxyl groups is 1. The van der Waals surface area contributed by atoms with E-state index in [1.807, 2.05) is 6.92 Å². The number of morpholine rings is 1. The van der Waals surface area contributed by atoms with Crippen LogP contribution in [0.3, 0.4) is 0 Å². The zero-order valence-corrected chi connectivity index (χ0v) is 16.9. The first-order valence-electron chi connectivity index (χ1n) is 9.06. The molecule has 1 saturated heterocycles. The molecule has 0 atom stereocenters. The molecular formula is C18H22ClF6N3O2. The summed E-state index contributed by atoms with van der Waals surface area (Å²) in [7, 11) is 0. The minimum Gasteiger partial charge on any atom is -1.00 e. The van der Waals surface area contributed by atoms with E-state index >= 15 is 0 Å². The first-order valence-corrected chi connectivity index (χ1v) is 9.06. The summed E-state index contributed by atoms with van der Waals surface area (Å²) in [5, 5.41) is 20.1. The van der Waals surface area contributed by atoms with E-state index in [1.54, 1.807) is 4.90 Å². The van der Waals surface area contributed by atoms with Gasteiger partial charge >= 0.3 is 18.3 Å². The van der Waals surface area contributed by atoms with Crippen LogP contribution in [0.1, 0.15) is 25.3 Å². The molecule has 1 aromatic carbocycles. The lowest BCUT2D eigenvalue weighted by Crippen LogP contribution is -3.00. The van der Waals surface area contributed by atoms with E-state index in [2.05, 4.69) is 0 Å². The quantitative estimate of drug-likeness (QED) is 0.384. The molecule has 1 heterocycles. The van der Waals surface area contributed by atoms with Gasteiger partial charge in [0.1, 0.15) is 11.1 Å². The standard InChI is InChI=1S/C18H22F6N3O2.ClH/c1-2-3-8-27(15(25)26-9-11-29-12-10-26)14-6-4-13(5-7-14)16(28,17(19,20)21)18(22,23)24;/h4-7,28H,2-3,8-12H2,1H3;1H/q+1;/p-1. The molecule has 2 rings (SSSR count). The molecule has 0 amide bonds. The molecule has 0 aromatic heterocycles. The summed E-state index contributed by atoms with van der Waals surface area (Å²) in [6.45, 7) is 3.77. The summed E-state index contributed by atoms with van der Waals surface area (Å²) < 4.78 is 83.4. The van der Waals surface area contributed by atoms with Gasteiger partial charge in [0.05, 0.1) is 32.8 Å². The van der Waals surface area contributed by atoms with Crippen molar-refractivity contribution in [1.82, 2.24) is 10.3 Å². The van der Waals surface area contributed by atoms with E-state index in [1.165, 1.54) is 4.90 Å². The molecule has 0 spiro atoms.